The van der Waals surface area contributed by atoms with Crippen LogP contribution in [0.25, 0.3) is 0 Å². The van der Waals surface area contributed by atoms with E-state index in [-0.39, 0.29) is 11.9 Å². The van der Waals surface area contributed by atoms with E-state index in [0.717, 1.165) is 0 Å². The first-order chi connectivity index (χ1) is 5.79. The van der Waals surface area contributed by atoms with E-state index in [2.05, 4.69) is 24.5 Å². The van der Waals surface area contributed by atoms with E-state index in [9.17, 15) is 4.79 Å². The highest BCUT2D eigenvalue weighted by molar-refractivity contribution is 5.96. The summed E-state index contributed by atoms with van der Waals surface area (Å²) in [5.74, 6) is -0.0187. The molecule has 1 rings (SSSR count). The molecule has 0 aliphatic carbocycles. The van der Waals surface area contributed by atoms with Gasteiger partial charge in [-0.2, -0.15) is 0 Å². The summed E-state index contributed by atoms with van der Waals surface area (Å²) in [4.78, 5) is 16.7. The largest absolute Gasteiger partial charge is 0.288 e. The number of rotatable bonds is 4. The van der Waals surface area contributed by atoms with Crippen LogP contribution >= 0.6 is 0 Å². The standard InChI is InChI=1S/C9H11N2O/c1-3-5-8-9(12)11(6-4-2)7-10-8/h3-4,8H,1-2,5-6H2. The van der Waals surface area contributed by atoms with E-state index in [1.54, 1.807) is 12.2 Å². The van der Waals surface area contributed by atoms with Gasteiger partial charge in [-0.05, 0) is 6.42 Å². The van der Waals surface area contributed by atoms with Crippen molar-refractivity contribution in [3.8, 4) is 0 Å². The molecule has 63 valence electrons. The molecule has 3 heteroatoms. The first-order valence-corrected chi connectivity index (χ1v) is 3.78. The van der Waals surface area contributed by atoms with Crippen LogP contribution < -0.4 is 0 Å². The first-order valence-electron chi connectivity index (χ1n) is 3.78. The van der Waals surface area contributed by atoms with Crippen LogP contribution in [0.15, 0.2) is 30.3 Å². The molecule has 1 atom stereocenters. The Morgan fingerprint density at radius 3 is 2.92 bits per heavy atom. The van der Waals surface area contributed by atoms with Crippen LogP contribution in [-0.4, -0.2) is 29.7 Å². The highest BCUT2D eigenvalue weighted by Crippen LogP contribution is 2.09. The quantitative estimate of drug-likeness (QED) is 0.566. The summed E-state index contributed by atoms with van der Waals surface area (Å²) in [6.07, 6.45) is 6.55. The molecular formula is C9H11N2O. The van der Waals surface area contributed by atoms with E-state index in [1.807, 2.05) is 0 Å². The highest BCUT2D eigenvalue weighted by atomic mass is 16.2. The molecular weight excluding hydrogens is 152 g/mol. The Bertz CT molecular complexity index is 211. The SMILES string of the molecule is C=CCC1N=[C]N(CC=C)C1=O. The minimum absolute atomic E-state index is 0.0187. The molecule has 1 aliphatic rings. The van der Waals surface area contributed by atoms with Gasteiger partial charge < -0.3 is 0 Å². The molecule has 0 aromatic carbocycles. The second-order valence-electron chi connectivity index (χ2n) is 2.51. The summed E-state index contributed by atoms with van der Waals surface area (Å²) in [6, 6.07) is -0.303. The fraction of sp³-hybridized carbons (Fsp3) is 0.333. The van der Waals surface area contributed by atoms with Crippen LogP contribution in [0.5, 0.6) is 0 Å². The number of carbonyl (C=O) groups excluding carboxylic acids is 1. The second kappa shape index (κ2) is 3.85. The molecule has 0 aromatic heterocycles. The van der Waals surface area contributed by atoms with Crippen molar-refractivity contribution in [1.82, 2.24) is 4.90 Å². The van der Waals surface area contributed by atoms with Crippen molar-refractivity contribution in [1.29, 1.82) is 0 Å². The average molecular weight is 163 g/mol. The molecule has 0 fully saturated rings. The van der Waals surface area contributed by atoms with Crippen molar-refractivity contribution in [3.05, 3.63) is 25.3 Å². The lowest BCUT2D eigenvalue weighted by Crippen LogP contribution is -2.30. The van der Waals surface area contributed by atoms with Crippen LogP contribution in [0.3, 0.4) is 0 Å². The smallest absolute Gasteiger partial charge is 0.253 e. The molecule has 1 heterocycles. The number of nitrogens with zero attached hydrogens (tertiary/aromatic N) is 2. The molecule has 1 unspecified atom stereocenters. The van der Waals surface area contributed by atoms with Crippen LogP contribution in [0.4, 0.5) is 0 Å². The second-order valence-corrected chi connectivity index (χ2v) is 2.51. The van der Waals surface area contributed by atoms with Gasteiger partial charge in [-0.25, -0.2) is 0 Å². The lowest BCUT2D eigenvalue weighted by molar-refractivity contribution is -0.126. The number of amides is 1. The predicted octanol–water partition coefficient (Wildman–Crippen LogP) is 0.865. The summed E-state index contributed by atoms with van der Waals surface area (Å²) in [7, 11) is 0. The topological polar surface area (TPSA) is 32.7 Å². The lowest BCUT2D eigenvalue weighted by atomic mass is 10.2. The van der Waals surface area contributed by atoms with Crippen molar-refractivity contribution in [3.63, 3.8) is 0 Å². The third-order valence-corrected chi connectivity index (χ3v) is 1.59. The summed E-state index contributed by atoms with van der Waals surface area (Å²) in [5, 5.41) is 0. The third-order valence-electron chi connectivity index (χ3n) is 1.59. The van der Waals surface area contributed by atoms with Crippen LogP contribution in [0.2, 0.25) is 0 Å². The molecule has 12 heavy (non-hydrogen) atoms. The van der Waals surface area contributed by atoms with Crippen molar-refractivity contribution < 1.29 is 4.79 Å². The Morgan fingerprint density at radius 1 is 1.58 bits per heavy atom. The van der Waals surface area contributed by atoms with E-state index < -0.39 is 0 Å². The van der Waals surface area contributed by atoms with Gasteiger partial charge in [0, 0.05) is 6.54 Å². The van der Waals surface area contributed by atoms with Crippen molar-refractivity contribution in [2.24, 2.45) is 4.99 Å². The van der Waals surface area contributed by atoms with Crippen LogP contribution in [0, 0.1) is 0 Å². The molecule has 1 radical (unpaired) electrons. The van der Waals surface area contributed by atoms with Gasteiger partial charge in [0.05, 0.1) is 0 Å². The molecule has 0 saturated carbocycles. The van der Waals surface area contributed by atoms with E-state index >= 15 is 0 Å². The summed E-state index contributed by atoms with van der Waals surface area (Å²) < 4.78 is 0. The van der Waals surface area contributed by atoms with Gasteiger partial charge in [0.2, 0.25) is 0 Å². The molecule has 1 aliphatic heterocycles. The molecule has 0 saturated heterocycles. The van der Waals surface area contributed by atoms with Gasteiger partial charge in [0.15, 0.2) is 6.34 Å². The van der Waals surface area contributed by atoms with E-state index in [1.165, 1.54) is 4.90 Å². The summed E-state index contributed by atoms with van der Waals surface area (Å²) in [6.45, 7) is 7.57. The van der Waals surface area contributed by atoms with Gasteiger partial charge >= 0.3 is 0 Å². The lowest BCUT2D eigenvalue weighted by Gasteiger charge is -2.09. The van der Waals surface area contributed by atoms with E-state index in [0.29, 0.717) is 13.0 Å². The molecule has 0 spiro atoms. The zero-order chi connectivity index (χ0) is 8.97. The Morgan fingerprint density at radius 2 is 2.33 bits per heavy atom. The van der Waals surface area contributed by atoms with Crippen molar-refractivity contribution in [2.45, 2.75) is 12.5 Å². The fourth-order valence-electron chi connectivity index (χ4n) is 0.995. The Hall–Kier alpha value is -1.38. The maximum Gasteiger partial charge on any atom is 0.253 e. The zero-order valence-electron chi connectivity index (χ0n) is 6.86. The van der Waals surface area contributed by atoms with Gasteiger partial charge in [-0.15, -0.1) is 13.2 Å². The third kappa shape index (κ3) is 1.61. The molecule has 0 bridgehead atoms. The summed E-state index contributed by atoms with van der Waals surface area (Å²) in [5.41, 5.74) is 0. The van der Waals surface area contributed by atoms with Crippen LogP contribution in [0.1, 0.15) is 6.42 Å². The van der Waals surface area contributed by atoms with Gasteiger partial charge in [0.1, 0.15) is 6.04 Å². The van der Waals surface area contributed by atoms with Gasteiger partial charge in [-0.1, -0.05) is 12.2 Å². The average Bonchev–Trinajstić information content (AvgIpc) is 2.38. The predicted molar refractivity (Wildman–Crippen MR) is 47.9 cm³/mol. The highest BCUT2D eigenvalue weighted by Gasteiger charge is 2.26. The molecule has 1 amide bonds. The Balaban J connectivity index is 2.55. The van der Waals surface area contributed by atoms with Crippen LogP contribution in [-0.2, 0) is 4.79 Å². The molecule has 0 N–H and O–H groups in total. The van der Waals surface area contributed by atoms with Gasteiger partial charge in [0.25, 0.3) is 5.91 Å². The Kier molecular flexibility index (Phi) is 2.80. The maximum absolute atomic E-state index is 11.4. The number of carbonyl (C=O) groups is 1. The van der Waals surface area contributed by atoms with Crippen molar-refractivity contribution in [2.75, 3.05) is 6.54 Å². The van der Waals surface area contributed by atoms with E-state index in [4.69, 9.17) is 0 Å². The number of hydrogen-bond acceptors (Lipinski definition) is 2. The fourth-order valence-corrected chi connectivity index (χ4v) is 0.995. The van der Waals surface area contributed by atoms with Gasteiger partial charge in [-0.3, -0.25) is 14.7 Å². The molecule has 3 nitrogen and oxygen atoms in total. The maximum atomic E-state index is 11.4. The monoisotopic (exact) mass is 163 g/mol. The minimum atomic E-state index is -0.303. The molecule has 0 aromatic rings. The normalized spacial score (nSPS) is 21.5. The number of aliphatic imine (C=N–C) groups is 1. The first kappa shape index (κ1) is 8.71. The van der Waals surface area contributed by atoms with Crippen molar-refractivity contribution >= 4 is 12.2 Å². The Labute approximate surface area is 72.1 Å². The minimum Gasteiger partial charge on any atom is -0.288 e. The zero-order valence-corrected chi connectivity index (χ0v) is 6.86. The number of hydrogen-bond donors (Lipinski definition) is 0. The summed E-state index contributed by atoms with van der Waals surface area (Å²) >= 11 is 0.